The summed E-state index contributed by atoms with van der Waals surface area (Å²) in [6.07, 6.45) is 1.44. The van der Waals surface area contributed by atoms with Crippen molar-refractivity contribution in [3.8, 4) is 11.3 Å². The maximum atomic E-state index is 12.2. The molecule has 6 heteroatoms. The van der Waals surface area contributed by atoms with Crippen LogP contribution < -0.4 is 5.32 Å². The summed E-state index contributed by atoms with van der Waals surface area (Å²) in [6, 6.07) is 11.4. The predicted octanol–water partition coefficient (Wildman–Crippen LogP) is 4.73. The van der Waals surface area contributed by atoms with E-state index in [1.165, 1.54) is 23.1 Å². The largest absolute Gasteiger partial charge is 0.298 e. The lowest BCUT2D eigenvalue weighted by Crippen LogP contribution is -2.11. The number of hydrogen-bond acceptors (Lipinski definition) is 4. The highest BCUT2D eigenvalue weighted by Crippen LogP contribution is 2.30. The van der Waals surface area contributed by atoms with E-state index in [-0.39, 0.29) is 5.91 Å². The first kappa shape index (κ1) is 15.6. The Kier molecular flexibility index (Phi) is 4.41. The molecule has 2 aromatic heterocycles. The van der Waals surface area contributed by atoms with Gasteiger partial charge in [0.15, 0.2) is 5.13 Å². The van der Waals surface area contributed by atoms with Gasteiger partial charge < -0.3 is 0 Å². The van der Waals surface area contributed by atoms with Gasteiger partial charge in [0, 0.05) is 16.6 Å². The van der Waals surface area contributed by atoms with Crippen LogP contribution >= 0.6 is 22.9 Å². The second-order valence-electron chi connectivity index (χ2n) is 5.11. The van der Waals surface area contributed by atoms with Gasteiger partial charge in [0.05, 0.1) is 11.3 Å². The SMILES string of the molecule is Cc1ccc(-c2nc(NC(=O)c3ccc(Cl)nc3)sc2C)cc1. The maximum Gasteiger partial charge on any atom is 0.259 e. The zero-order valence-corrected chi connectivity index (χ0v) is 14.2. The number of aromatic nitrogens is 2. The van der Waals surface area contributed by atoms with Crippen molar-refractivity contribution in [3.63, 3.8) is 0 Å². The van der Waals surface area contributed by atoms with E-state index in [0.717, 1.165) is 16.1 Å². The smallest absolute Gasteiger partial charge is 0.259 e. The van der Waals surface area contributed by atoms with Crippen molar-refractivity contribution in [1.29, 1.82) is 0 Å². The third kappa shape index (κ3) is 3.57. The number of amides is 1. The molecule has 0 radical (unpaired) electrons. The van der Waals surface area contributed by atoms with Gasteiger partial charge in [-0.2, -0.15) is 0 Å². The molecule has 3 aromatic rings. The summed E-state index contributed by atoms with van der Waals surface area (Å²) in [6.45, 7) is 4.04. The highest BCUT2D eigenvalue weighted by Gasteiger charge is 2.13. The quantitative estimate of drug-likeness (QED) is 0.699. The molecule has 1 N–H and O–H groups in total. The minimum Gasteiger partial charge on any atom is -0.298 e. The molecule has 4 nitrogen and oxygen atoms in total. The number of halogens is 1. The van der Waals surface area contributed by atoms with Crippen LogP contribution in [0.5, 0.6) is 0 Å². The number of carbonyl (C=O) groups is 1. The predicted molar refractivity (Wildman–Crippen MR) is 94.2 cm³/mol. The number of pyridine rings is 1. The van der Waals surface area contributed by atoms with Gasteiger partial charge >= 0.3 is 0 Å². The van der Waals surface area contributed by atoms with Crippen LogP contribution in [0.15, 0.2) is 42.6 Å². The molecule has 0 saturated heterocycles. The van der Waals surface area contributed by atoms with Gasteiger partial charge in [-0.05, 0) is 26.0 Å². The van der Waals surface area contributed by atoms with Crippen molar-refractivity contribution >= 4 is 34.0 Å². The summed E-state index contributed by atoms with van der Waals surface area (Å²) in [4.78, 5) is 21.7. The summed E-state index contributed by atoms with van der Waals surface area (Å²) in [5.74, 6) is -0.252. The first-order chi connectivity index (χ1) is 11.0. The second-order valence-corrected chi connectivity index (χ2v) is 6.70. The summed E-state index contributed by atoms with van der Waals surface area (Å²) >= 11 is 7.18. The van der Waals surface area contributed by atoms with Gasteiger partial charge in [0.2, 0.25) is 0 Å². The number of nitrogens with one attached hydrogen (secondary N) is 1. The Morgan fingerprint density at radius 1 is 1.13 bits per heavy atom. The molecule has 3 rings (SSSR count). The zero-order chi connectivity index (χ0) is 16.4. The van der Waals surface area contributed by atoms with Crippen molar-refractivity contribution in [1.82, 2.24) is 9.97 Å². The van der Waals surface area contributed by atoms with E-state index in [0.29, 0.717) is 15.8 Å². The monoisotopic (exact) mass is 343 g/mol. The lowest BCUT2D eigenvalue weighted by molar-refractivity contribution is 0.102. The molecule has 0 aliphatic heterocycles. The third-order valence-corrected chi connectivity index (χ3v) is 4.44. The minimum absolute atomic E-state index is 0.252. The van der Waals surface area contributed by atoms with Crippen molar-refractivity contribution in [2.75, 3.05) is 5.32 Å². The van der Waals surface area contributed by atoms with Crippen LogP contribution in [0.1, 0.15) is 20.8 Å². The zero-order valence-electron chi connectivity index (χ0n) is 12.6. The average Bonchev–Trinajstić information content (AvgIpc) is 2.89. The van der Waals surface area contributed by atoms with Crippen LogP contribution in [0, 0.1) is 13.8 Å². The van der Waals surface area contributed by atoms with Gasteiger partial charge in [-0.15, -0.1) is 11.3 Å². The summed E-state index contributed by atoms with van der Waals surface area (Å²) in [5, 5.41) is 3.73. The first-order valence-electron chi connectivity index (χ1n) is 7.00. The highest BCUT2D eigenvalue weighted by atomic mass is 35.5. The van der Waals surface area contributed by atoms with E-state index in [1.807, 2.05) is 38.1 Å². The average molecular weight is 344 g/mol. The lowest BCUT2D eigenvalue weighted by atomic mass is 10.1. The van der Waals surface area contributed by atoms with Crippen molar-refractivity contribution in [3.05, 3.63) is 63.8 Å². The van der Waals surface area contributed by atoms with Gasteiger partial charge in [-0.25, -0.2) is 9.97 Å². The lowest BCUT2D eigenvalue weighted by Gasteiger charge is -2.01. The van der Waals surface area contributed by atoms with Crippen LogP contribution in [-0.2, 0) is 0 Å². The molecule has 0 bridgehead atoms. The fourth-order valence-electron chi connectivity index (χ4n) is 2.11. The standard InChI is InChI=1S/C17H14ClN3OS/c1-10-3-5-12(6-4-10)15-11(2)23-17(20-15)21-16(22)13-7-8-14(18)19-9-13/h3-9H,1-2H3,(H,20,21,22). The van der Waals surface area contributed by atoms with E-state index < -0.39 is 0 Å². The molecule has 2 heterocycles. The van der Waals surface area contributed by atoms with Gasteiger partial charge in [-0.3, -0.25) is 10.1 Å². The minimum atomic E-state index is -0.252. The Morgan fingerprint density at radius 2 is 1.87 bits per heavy atom. The molecule has 1 aromatic carbocycles. The Morgan fingerprint density at radius 3 is 2.52 bits per heavy atom. The first-order valence-corrected chi connectivity index (χ1v) is 8.20. The topological polar surface area (TPSA) is 54.9 Å². The Balaban J connectivity index is 1.82. The summed E-state index contributed by atoms with van der Waals surface area (Å²) < 4.78 is 0. The fraction of sp³-hybridized carbons (Fsp3) is 0.118. The number of thiazole rings is 1. The molecule has 116 valence electrons. The third-order valence-electron chi connectivity index (χ3n) is 3.33. The van der Waals surface area contributed by atoms with Crippen LogP contribution in [0.4, 0.5) is 5.13 Å². The van der Waals surface area contributed by atoms with Crippen molar-refractivity contribution in [2.45, 2.75) is 13.8 Å². The number of carbonyl (C=O) groups excluding carboxylic acids is 1. The second kappa shape index (κ2) is 6.48. The molecule has 1 amide bonds. The number of nitrogens with zero attached hydrogens (tertiary/aromatic N) is 2. The Labute approximate surface area is 143 Å². The molecule has 0 atom stereocenters. The fourth-order valence-corrected chi connectivity index (χ4v) is 3.05. The molecule has 0 aliphatic rings. The molecule has 0 aliphatic carbocycles. The molecule has 0 unspecified atom stereocenters. The molecular formula is C17H14ClN3OS. The van der Waals surface area contributed by atoms with Crippen molar-refractivity contribution in [2.24, 2.45) is 0 Å². The maximum absolute atomic E-state index is 12.2. The molecule has 0 saturated carbocycles. The Hall–Kier alpha value is -2.24. The summed E-state index contributed by atoms with van der Waals surface area (Å²) in [5.41, 5.74) is 3.57. The summed E-state index contributed by atoms with van der Waals surface area (Å²) in [7, 11) is 0. The van der Waals surface area contributed by atoms with Gasteiger partial charge in [0.25, 0.3) is 5.91 Å². The van der Waals surface area contributed by atoms with E-state index >= 15 is 0 Å². The molecule has 0 fully saturated rings. The van der Waals surface area contributed by atoms with Crippen molar-refractivity contribution < 1.29 is 4.79 Å². The van der Waals surface area contributed by atoms with Gasteiger partial charge in [0.1, 0.15) is 5.15 Å². The number of anilines is 1. The van der Waals surface area contributed by atoms with Crippen LogP contribution in [0.3, 0.4) is 0 Å². The van der Waals surface area contributed by atoms with E-state index in [1.54, 1.807) is 12.1 Å². The van der Waals surface area contributed by atoms with Crippen LogP contribution in [0.25, 0.3) is 11.3 Å². The molecule has 0 spiro atoms. The van der Waals surface area contributed by atoms with E-state index in [2.05, 4.69) is 15.3 Å². The number of aryl methyl sites for hydroxylation is 2. The normalized spacial score (nSPS) is 10.6. The Bertz CT molecular complexity index is 841. The van der Waals surface area contributed by atoms with Crippen LogP contribution in [-0.4, -0.2) is 15.9 Å². The highest BCUT2D eigenvalue weighted by molar-refractivity contribution is 7.16. The number of rotatable bonds is 3. The van der Waals surface area contributed by atoms with E-state index in [9.17, 15) is 4.79 Å². The molecular weight excluding hydrogens is 330 g/mol. The van der Waals surface area contributed by atoms with Crippen LogP contribution in [0.2, 0.25) is 5.15 Å². The number of hydrogen-bond donors (Lipinski definition) is 1. The molecule has 23 heavy (non-hydrogen) atoms. The number of benzene rings is 1. The van der Waals surface area contributed by atoms with Gasteiger partial charge in [-0.1, -0.05) is 41.4 Å². The van der Waals surface area contributed by atoms with E-state index in [4.69, 9.17) is 11.6 Å².